The zero-order valence-electron chi connectivity index (χ0n) is 11.2. The van der Waals surface area contributed by atoms with Crippen LogP contribution in [0.15, 0.2) is 48.5 Å². The normalized spacial score (nSPS) is 12.0. The van der Waals surface area contributed by atoms with Gasteiger partial charge in [0, 0.05) is 23.4 Å². The number of rotatable bonds is 6. The molecule has 2 aromatic carbocycles. The van der Waals surface area contributed by atoms with Gasteiger partial charge in [-0.05, 0) is 36.4 Å². The SMILES string of the molecule is O=C(c1ccc(F)cc1)c1ccccc1NCC(O)CCl. The number of ketones is 1. The van der Waals surface area contributed by atoms with E-state index in [-0.39, 0.29) is 24.0 Å². The number of hydrogen-bond donors (Lipinski definition) is 2. The molecule has 2 rings (SSSR count). The highest BCUT2D eigenvalue weighted by molar-refractivity contribution is 6.18. The van der Waals surface area contributed by atoms with Crippen LogP contribution in [0.1, 0.15) is 15.9 Å². The molecule has 0 radical (unpaired) electrons. The Bertz CT molecular complexity index is 616. The van der Waals surface area contributed by atoms with Crippen molar-refractivity contribution in [3.63, 3.8) is 0 Å². The number of para-hydroxylation sites is 1. The number of carbonyl (C=O) groups is 1. The summed E-state index contributed by atoms with van der Waals surface area (Å²) >= 11 is 5.54. The summed E-state index contributed by atoms with van der Waals surface area (Å²) < 4.78 is 12.9. The molecule has 21 heavy (non-hydrogen) atoms. The molecule has 1 atom stereocenters. The second-order valence-electron chi connectivity index (χ2n) is 4.57. The number of aliphatic hydroxyl groups is 1. The number of alkyl halides is 1. The van der Waals surface area contributed by atoms with E-state index in [0.717, 1.165) is 0 Å². The van der Waals surface area contributed by atoms with E-state index in [9.17, 15) is 14.3 Å². The number of halogens is 2. The summed E-state index contributed by atoms with van der Waals surface area (Å²) in [6.45, 7) is 0.247. The first-order chi connectivity index (χ1) is 10.1. The van der Waals surface area contributed by atoms with E-state index >= 15 is 0 Å². The van der Waals surface area contributed by atoms with Gasteiger partial charge in [-0.1, -0.05) is 12.1 Å². The van der Waals surface area contributed by atoms with Gasteiger partial charge in [-0.15, -0.1) is 11.6 Å². The van der Waals surface area contributed by atoms with Gasteiger partial charge >= 0.3 is 0 Å². The Morgan fingerprint density at radius 2 is 1.86 bits per heavy atom. The van der Waals surface area contributed by atoms with E-state index in [0.29, 0.717) is 16.8 Å². The quantitative estimate of drug-likeness (QED) is 0.637. The van der Waals surface area contributed by atoms with E-state index in [4.69, 9.17) is 11.6 Å². The molecule has 0 saturated carbocycles. The van der Waals surface area contributed by atoms with Crippen molar-refractivity contribution in [3.05, 3.63) is 65.5 Å². The van der Waals surface area contributed by atoms with Crippen molar-refractivity contribution in [2.75, 3.05) is 17.7 Å². The number of benzene rings is 2. The zero-order valence-corrected chi connectivity index (χ0v) is 12.0. The van der Waals surface area contributed by atoms with Crippen LogP contribution < -0.4 is 5.32 Å². The highest BCUT2D eigenvalue weighted by Crippen LogP contribution is 2.19. The van der Waals surface area contributed by atoms with Crippen LogP contribution in [0.3, 0.4) is 0 Å². The standard InChI is InChI=1S/C16H15ClFNO2/c17-9-13(20)10-19-15-4-2-1-3-14(15)16(21)11-5-7-12(18)8-6-11/h1-8,13,19-20H,9-10H2. The molecule has 110 valence electrons. The van der Waals surface area contributed by atoms with Gasteiger partial charge in [0.1, 0.15) is 5.82 Å². The van der Waals surface area contributed by atoms with Gasteiger partial charge in [0.15, 0.2) is 5.78 Å². The predicted molar refractivity (Wildman–Crippen MR) is 81.5 cm³/mol. The number of aliphatic hydroxyl groups excluding tert-OH is 1. The number of nitrogens with one attached hydrogen (secondary N) is 1. The lowest BCUT2D eigenvalue weighted by molar-refractivity contribution is 0.103. The molecular formula is C16H15ClFNO2. The highest BCUT2D eigenvalue weighted by atomic mass is 35.5. The topological polar surface area (TPSA) is 49.3 Å². The highest BCUT2D eigenvalue weighted by Gasteiger charge is 2.14. The van der Waals surface area contributed by atoms with Gasteiger partial charge in [-0.25, -0.2) is 4.39 Å². The van der Waals surface area contributed by atoms with Crippen LogP contribution in [0.2, 0.25) is 0 Å². The van der Waals surface area contributed by atoms with E-state index in [1.54, 1.807) is 24.3 Å². The largest absolute Gasteiger partial charge is 0.390 e. The zero-order chi connectivity index (χ0) is 15.2. The lowest BCUT2D eigenvalue weighted by Crippen LogP contribution is -2.21. The van der Waals surface area contributed by atoms with Crippen molar-refractivity contribution in [3.8, 4) is 0 Å². The third-order valence-electron chi connectivity index (χ3n) is 2.98. The number of anilines is 1. The minimum Gasteiger partial charge on any atom is -0.390 e. The summed E-state index contributed by atoms with van der Waals surface area (Å²) in [5, 5.41) is 12.5. The first-order valence-corrected chi connectivity index (χ1v) is 7.02. The van der Waals surface area contributed by atoms with Crippen LogP contribution >= 0.6 is 11.6 Å². The second-order valence-corrected chi connectivity index (χ2v) is 4.88. The first kappa shape index (κ1) is 15.5. The Kier molecular flexibility index (Phi) is 5.31. The fourth-order valence-corrected chi connectivity index (χ4v) is 1.98. The van der Waals surface area contributed by atoms with Gasteiger partial charge in [0.25, 0.3) is 0 Å². The maximum Gasteiger partial charge on any atom is 0.195 e. The van der Waals surface area contributed by atoms with Gasteiger partial charge in [-0.2, -0.15) is 0 Å². The molecule has 0 aliphatic rings. The molecule has 2 N–H and O–H groups in total. The van der Waals surface area contributed by atoms with Crippen LogP contribution in [0.25, 0.3) is 0 Å². The van der Waals surface area contributed by atoms with Crippen LogP contribution in [-0.2, 0) is 0 Å². The molecule has 0 amide bonds. The van der Waals surface area contributed by atoms with Gasteiger partial charge in [0.05, 0.1) is 12.0 Å². The lowest BCUT2D eigenvalue weighted by Gasteiger charge is -2.13. The summed E-state index contributed by atoms with van der Waals surface area (Å²) in [6.07, 6.45) is -0.694. The predicted octanol–water partition coefficient (Wildman–Crippen LogP) is 3.07. The molecule has 0 heterocycles. The third-order valence-corrected chi connectivity index (χ3v) is 3.34. The Hall–Kier alpha value is -1.91. The van der Waals surface area contributed by atoms with Crippen LogP contribution in [0, 0.1) is 5.82 Å². The van der Waals surface area contributed by atoms with Crippen molar-refractivity contribution >= 4 is 23.1 Å². The summed E-state index contributed by atoms with van der Waals surface area (Å²) in [6, 6.07) is 12.4. The molecule has 0 saturated heterocycles. The molecule has 0 aliphatic heterocycles. The van der Waals surface area contributed by atoms with E-state index < -0.39 is 6.10 Å². The molecule has 3 nitrogen and oxygen atoms in total. The van der Waals surface area contributed by atoms with Gasteiger partial charge in [0.2, 0.25) is 0 Å². The average Bonchev–Trinajstić information content (AvgIpc) is 2.53. The summed E-state index contributed by atoms with van der Waals surface area (Å²) in [5.74, 6) is -0.484. The van der Waals surface area contributed by atoms with Crippen LogP contribution in [-0.4, -0.2) is 29.4 Å². The van der Waals surface area contributed by atoms with Gasteiger partial charge in [-0.3, -0.25) is 4.79 Å². The summed E-state index contributed by atoms with van der Waals surface area (Å²) in [5.41, 5.74) is 1.48. The van der Waals surface area contributed by atoms with Crippen molar-refractivity contribution in [1.82, 2.24) is 0 Å². The fourth-order valence-electron chi connectivity index (χ4n) is 1.87. The van der Waals surface area contributed by atoms with Crippen LogP contribution in [0.5, 0.6) is 0 Å². The first-order valence-electron chi connectivity index (χ1n) is 6.49. The molecule has 5 heteroatoms. The molecule has 0 spiro atoms. The van der Waals surface area contributed by atoms with E-state index in [2.05, 4.69) is 5.32 Å². The maximum atomic E-state index is 12.9. The monoisotopic (exact) mass is 307 g/mol. The van der Waals surface area contributed by atoms with Crippen molar-refractivity contribution < 1.29 is 14.3 Å². The van der Waals surface area contributed by atoms with Gasteiger partial charge < -0.3 is 10.4 Å². The lowest BCUT2D eigenvalue weighted by atomic mass is 10.0. The molecule has 0 aromatic heterocycles. The smallest absolute Gasteiger partial charge is 0.195 e. The molecule has 1 unspecified atom stereocenters. The Morgan fingerprint density at radius 3 is 2.52 bits per heavy atom. The van der Waals surface area contributed by atoms with Crippen molar-refractivity contribution in [1.29, 1.82) is 0 Å². The Morgan fingerprint density at radius 1 is 1.19 bits per heavy atom. The molecule has 2 aromatic rings. The molecular weight excluding hydrogens is 293 g/mol. The minimum absolute atomic E-state index is 0.112. The Labute approximate surface area is 127 Å². The third kappa shape index (κ3) is 4.03. The fraction of sp³-hybridized carbons (Fsp3) is 0.188. The minimum atomic E-state index is -0.694. The van der Waals surface area contributed by atoms with Crippen LogP contribution in [0.4, 0.5) is 10.1 Å². The van der Waals surface area contributed by atoms with Crippen molar-refractivity contribution in [2.45, 2.75) is 6.10 Å². The number of hydrogen-bond acceptors (Lipinski definition) is 3. The van der Waals surface area contributed by atoms with E-state index in [1.165, 1.54) is 24.3 Å². The average molecular weight is 308 g/mol. The van der Waals surface area contributed by atoms with Crippen molar-refractivity contribution in [2.24, 2.45) is 0 Å². The molecule has 0 aliphatic carbocycles. The second kappa shape index (κ2) is 7.20. The van der Waals surface area contributed by atoms with E-state index in [1.807, 2.05) is 0 Å². The maximum absolute atomic E-state index is 12.9. The summed E-state index contributed by atoms with van der Waals surface area (Å²) in [4.78, 5) is 12.4. The molecule has 0 bridgehead atoms. The Balaban J connectivity index is 2.22. The molecule has 0 fully saturated rings. The summed E-state index contributed by atoms with van der Waals surface area (Å²) in [7, 11) is 0. The number of carbonyl (C=O) groups excluding carboxylic acids is 1.